The summed E-state index contributed by atoms with van der Waals surface area (Å²) in [7, 11) is 1.58. The van der Waals surface area contributed by atoms with E-state index in [1.54, 1.807) is 7.11 Å². The largest absolute Gasteiger partial charge is 0.383 e. The van der Waals surface area contributed by atoms with E-state index in [2.05, 4.69) is 15.6 Å². The van der Waals surface area contributed by atoms with Crippen LogP contribution in [0.4, 0.5) is 10.2 Å². The minimum atomic E-state index is -0.382. The first-order valence-corrected chi connectivity index (χ1v) is 5.33. The Balaban J connectivity index is 2.14. The van der Waals surface area contributed by atoms with Gasteiger partial charge >= 0.3 is 0 Å². The Kier molecular flexibility index (Phi) is 5.95. The van der Waals surface area contributed by atoms with Gasteiger partial charge in [0.2, 0.25) is 5.91 Å². The zero-order valence-electron chi connectivity index (χ0n) is 9.70. The maximum atomic E-state index is 12.5. The number of anilines is 1. The normalized spacial score (nSPS) is 10.0. The van der Waals surface area contributed by atoms with Crippen LogP contribution < -0.4 is 10.6 Å². The fourth-order valence-electron chi connectivity index (χ4n) is 1.17. The van der Waals surface area contributed by atoms with Crippen molar-refractivity contribution in [1.29, 1.82) is 0 Å². The zero-order chi connectivity index (χ0) is 12.5. The topological polar surface area (TPSA) is 63.2 Å². The predicted octanol–water partition coefficient (Wildman–Crippen LogP) is 0.785. The summed E-state index contributed by atoms with van der Waals surface area (Å²) in [5.41, 5.74) is 0. The van der Waals surface area contributed by atoms with E-state index < -0.39 is 0 Å². The molecule has 1 amide bonds. The van der Waals surface area contributed by atoms with Crippen LogP contribution in [-0.4, -0.2) is 37.7 Å². The second kappa shape index (κ2) is 7.56. The van der Waals surface area contributed by atoms with E-state index in [1.165, 1.54) is 12.1 Å². The summed E-state index contributed by atoms with van der Waals surface area (Å²) in [5, 5.41) is 5.62. The van der Waals surface area contributed by atoms with Crippen LogP contribution in [0, 0.1) is 5.82 Å². The third kappa shape index (κ3) is 5.82. The molecule has 0 aliphatic carbocycles. The van der Waals surface area contributed by atoms with E-state index in [-0.39, 0.29) is 11.7 Å². The fraction of sp³-hybridized carbons (Fsp3) is 0.455. The third-order valence-corrected chi connectivity index (χ3v) is 2.01. The Morgan fingerprint density at radius 1 is 1.47 bits per heavy atom. The first-order valence-electron chi connectivity index (χ1n) is 5.33. The highest BCUT2D eigenvalue weighted by atomic mass is 19.1. The number of nitrogens with one attached hydrogen (secondary N) is 2. The summed E-state index contributed by atoms with van der Waals surface area (Å²) in [5.74, 6) is 0.112. The van der Waals surface area contributed by atoms with Gasteiger partial charge in [-0.2, -0.15) is 0 Å². The number of aromatic nitrogens is 1. The van der Waals surface area contributed by atoms with Gasteiger partial charge in [0, 0.05) is 26.6 Å². The molecule has 0 bridgehead atoms. The number of methoxy groups -OCH3 is 1. The smallest absolute Gasteiger partial charge is 0.221 e. The molecular weight excluding hydrogens is 225 g/mol. The molecule has 0 fully saturated rings. The molecule has 6 heteroatoms. The summed E-state index contributed by atoms with van der Waals surface area (Å²) in [4.78, 5) is 15.1. The second-order valence-electron chi connectivity index (χ2n) is 3.38. The third-order valence-electron chi connectivity index (χ3n) is 2.01. The van der Waals surface area contributed by atoms with Gasteiger partial charge in [0.05, 0.1) is 12.8 Å². The number of hydrogen-bond donors (Lipinski definition) is 2. The lowest BCUT2D eigenvalue weighted by molar-refractivity contribution is -0.121. The fourth-order valence-corrected chi connectivity index (χ4v) is 1.17. The van der Waals surface area contributed by atoms with Crippen molar-refractivity contribution < 1.29 is 13.9 Å². The molecule has 1 aromatic heterocycles. The van der Waals surface area contributed by atoms with Crippen LogP contribution in [0.3, 0.4) is 0 Å². The molecule has 1 rings (SSSR count). The van der Waals surface area contributed by atoms with Crippen molar-refractivity contribution >= 4 is 11.7 Å². The average Bonchev–Trinajstić information content (AvgIpc) is 2.32. The van der Waals surface area contributed by atoms with Crippen LogP contribution in [-0.2, 0) is 9.53 Å². The molecule has 17 heavy (non-hydrogen) atoms. The lowest BCUT2D eigenvalue weighted by Crippen LogP contribution is -2.28. The van der Waals surface area contributed by atoms with Gasteiger partial charge in [-0.15, -0.1) is 0 Å². The maximum absolute atomic E-state index is 12.5. The molecule has 0 aliphatic heterocycles. The van der Waals surface area contributed by atoms with Gasteiger partial charge in [-0.1, -0.05) is 0 Å². The van der Waals surface area contributed by atoms with Gasteiger partial charge in [0.15, 0.2) is 0 Å². The summed E-state index contributed by atoms with van der Waals surface area (Å²) in [6, 6.07) is 2.84. The van der Waals surface area contributed by atoms with E-state index in [4.69, 9.17) is 4.74 Å². The van der Waals surface area contributed by atoms with Crippen molar-refractivity contribution in [2.24, 2.45) is 0 Å². The second-order valence-corrected chi connectivity index (χ2v) is 3.38. The number of pyridine rings is 1. The number of ether oxygens (including phenoxy) is 1. The molecule has 0 saturated heterocycles. The summed E-state index contributed by atoms with van der Waals surface area (Å²) in [6.45, 7) is 1.46. The maximum Gasteiger partial charge on any atom is 0.221 e. The number of nitrogens with zero attached hydrogens (tertiary/aromatic N) is 1. The molecule has 1 heterocycles. The highest BCUT2D eigenvalue weighted by molar-refractivity contribution is 5.76. The lowest BCUT2D eigenvalue weighted by atomic mass is 10.4. The van der Waals surface area contributed by atoms with E-state index in [9.17, 15) is 9.18 Å². The summed E-state index contributed by atoms with van der Waals surface area (Å²) < 4.78 is 17.3. The number of hydrogen-bond acceptors (Lipinski definition) is 4. The molecule has 0 saturated carbocycles. The first kappa shape index (κ1) is 13.4. The van der Waals surface area contributed by atoms with E-state index >= 15 is 0 Å². The minimum absolute atomic E-state index is 0.0586. The van der Waals surface area contributed by atoms with Crippen LogP contribution in [0.5, 0.6) is 0 Å². The van der Waals surface area contributed by atoms with Crippen molar-refractivity contribution in [2.75, 3.05) is 32.1 Å². The molecule has 94 valence electrons. The minimum Gasteiger partial charge on any atom is -0.383 e. The van der Waals surface area contributed by atoms with Crippen molar-refractivity contribution in [3.05, 3.63) is 24.1 Å². The quantitative estimate of drug-likeness (QED) is 0.693. The molecule has 5 nitrogen and oxygen atoms in total. The van der Waals surface area contributed by atoms with Crippen molar-refractivity contribution in [2.45, 2.75) is 6.42 Å². The Morgan fingerprint density at radius 3 is 2.94 bits per heavy atom. The molecule has 0 atom stereocenters. The molecule has 1 aromatic rings. The highest BCUT2D eigenvalue weighted by Crippen LogP contribution is 2.02. The van der Waals surface area contributed by atoms with Gasteiger partial charge in [-0.3, -0.25) is 4.79 Å². The zero-order valence-corrected chi connectivity index (χ0v) is 9.70. The molecule has 0 unspecified atom stereocenters. The van der Waals surface area contributed by atoms with Crippen LogP contribution in [0.1, 0.15) is 6.42 Å². The Hall–Kier alpha value is -1.69. The van der Waals surface area contributed by atoms with E-state index in [0.717, 1.165) is 6.20 Å². The van der Waals surface area contributed by atoms with Crippen molar-refractivity contribution in [1.82, 2.24) is 10.3 Å². The van der Waals surface area contributed by atoms with Crippen molar-refractivity contribution in [3.63, 3.8) is 0 Å². The van der Waals surface area contributed by atoms with Crippen molar-refractivity contribution in [3.8, 4) is 0 Å². The van der Waals surface area contributed by atoms with Crippen LogP contribution >= 0.6 is 0 Å². The van der Waals surface area contributed by atoms with Gasteiger partial charge in [-0.05, 0) is 12.1 Å². The number of carbonyl (C=O) groups is 1. The molecule has 0 aliphatic rings. The Bertz CT molecular complexity index is 343. The lowest BCUT2D eigenvalue weighted by Gasteiger charge is -2.06. The summed E-state index contributed by atoms with van der Waals surface area (Å²) in [6.07, 6.45) is 1.46. The number of carbonyl (C=O) groups excluding carboxylic acids is 1. The van der Waals surface area contributed by atoms with Gasteiger partial charge in [-0.25, -0.2) is 9.37 Å². The average molecular weight is 241 g/mol. The van der Waals surface area contributed by atoms with Gasteiger partial charge in [0.25, 0.3) is 0 Å². The molecule has 0 spiro atoms. The van der Waals surface area contributed by atoms with Gasteiger partial charge < -0.3 is 15.4 Å². The first-order chi connectivity index (χ1) is 8.22. The Labute approximate surface area is 99.4 Å². The molecular formula is C11H16FN3O2. The molecule has 0 aromatic carbocycles. The monoisotopic (exact) mass is 241 g/mol. The number of halogens is 1. The number of amides is 1. The highest BCUT2D eigenvalue weighted by Gasteiger charge is 2.00. The van der Waals surface area contributed by atoms with Crippen LogP contribution in [0.25, 0.3) is 0 Å². The standard InChI is InChI=1S/C11H16FN3O2/c1-17-7-6-14-11(16)4-5-13-10-3-2-9(12)8-15-10/h2-3,8H,4-7H2,1H3,(H,13,15)(H,14,16). The molecule has 0 radical (unpaired) electrons. The predicted molar refractivity (Wildman–Crippen MR) is 62.2 cm³/mol. The SMILES string of the molecule is COCCNC(=O)CCNc1ccc(F)cn1. The Morgan fingerprint density at radius 2 is 2.29 bits per heavy atom. The van der Waals surface area contributed by atoms with Gasteiger partial charge in [0.1, 0.15) is 11.6 Å². The summed E-state index contributed by atoms with van der Waals surface area (Å²) >= 11 is 0. The molecule has 2 N–H and O–H groups in total. The van der Waals surface area contributed by atoms with E-state index in [1.807, 2.05) is 0 Å². The van der Waals surface area contributed by atoms with Crippen LogP contribution in [0.2, 0.25) is 0 Å². The van der Waals surface area contributed by atoms with E-state index in [0.29, 0.717) is 31.9 Å². The number of rotatable bonds is 7. The van der Waals surface area contributed by atoms with Crippen LogP contribution in [0.15, 0.2) is 18.3 Å².